The summed E-state index contributed by atoms with van der Waals surface area (Å²) in [7, 11) is 0. The van der Waals surface area contributed by atoms with Crippen molar-refractivity contribution in [2.75, 3.05) is 13.1 Å². The number of hydrogen-bond acceptors (Lipinski definition) is 6. The highest BCUT2D eigenvalue weighted by molar-refractivity contribution is 5.91. The lowest BCUT2D eigenvalue weighted by atomic mass is 9.90. The Balaban J connectivity index is 1.49. The number of para-hydroxylation sites is 1. The number of amides is 2. The molecule has 3 rings (SSSR count). The van der Waals surface area contributed by atoms with E-state index in [1.165, 1.54) is 18.2 Å². The molecule has 174 valence electrons. The molecule has 0 aliphatic rings. The summed E-state index contributed by atoms with van der Waals surface area (Å²) in [5, 5.41) is 16.0. The number of nitrogens with one attached hydrogen (secondary N) is 2. The van der Waals surface area contributed by atoms with Crippen molar-refractivity contribution in [2.24, 2.45) is 0 Å². The van der Waals surface area contributed by atoms with E-state index in [4.69, 9.17) is 4.74 Å². The van der Waals surface area contributed by atoms with Crippen LogP contribution >= 0.6 is 0 Å². The molecule has 9 nitrogen and oxygen atoms in total. The number of nitrogens with zero attached hydrogens (tertiary/aromatic N) is 1. The highest BCUT2D eigenvalue weighted by Crippen LogP contribution is 2.24. The zero-order valence-electron chi connectivity index (χ0n) is 18.2. The first-order valence-electron chi connectivity index (χ1n) is 10.5. The monoisotopic (exact) mass is 461 g/mol. The van der Waals surface area contributed by atoms with E-state index < -0.39 is 29.3 Å². The van der Waals surface area contributed by atoms with Crippen LogP contribution in [0, 0.1) is 10.1 Å². The van der Waals surface area contributed by atoms with Crippen LogP contribution < -0.4 is 10.6 Å². The second kappa shape index (κ2) is 11.9. The molecular formula is C25H23N3O6. The smallest absolute Gasteiger partial charge is 0.325 e. The summed E-state index contributed by atoms with van der Waals surface area (Å²) in [4.78, 5) is 47.4. The molecule has 0 heterocycles. The summed E-state index contributed by atoms with van der Waals surface area (Å²) >= 11 is 0. The SMILES string of the molecule is O=C(CNC(=O)C(c1ccccc1)c1ccccc1)NCC(=O)OCc1ccccc1[N+](=O)[O-]. The molecule has 3 aromatic carbocycles. The molecule has 34 heavy (non-hydrogen) atoms. The van der Waals surface area contributed by atoms with Gasteiger partial charge >= 0.3 is 5.97 Å². The topological polar surface area (TPSA) is 128 Å². The summed E-state index contributed by atoms with van der Waals surface area (Å²) in [6.07, 6.45) is 0. The van der Waals surface area contributed by atoms with Crippen molar-refractivity contribution in [3.63, 3.8) is 0 Å². The van der Waals surface area contributed by atoms with Crippen molar-refractivity contribution in [3.05, 3.63) is 112 Å². The molecule has 0 saturated carbocycles. The molecule has 0 aliphatic carbocycles. The van der Waals surface area contributed by atoms with Gasteiger partial charge in [-0.2, -0.15) is 0 Å². The summed E-state index contributed by atoms with van der Waals surface area (Å²) in [6, 6.07) is 24.3. The number of nitro benzene ring substituents is 1. The Morgan fingerprint density at radius 1 is 0.794 bits per heavy atom. The van der Waals surface area contributed by atoms with E-state index in [0.29, 0.717) is 0 Å². The standard InChI is InChI=1S/C25H23N3O6/c29-22(26-16-23(30)34-17-20-13-7-8-14-21(20)28(32)33)15-27-25(31)24(18-9-3-1-4-10-18)19-11-5-2-6-12-19/h1-14,24H,15-17H2,(H,26,29)(H,27,31). The molecule has 2 N–H and O–H groups in total. The molecule has 0 saturated heterocycles. The van der Waals surface area contributed by atoms with E-state index in [1.807, 2.05) is 60.7 Å². The minimum atomic E-state index is -0.760. The van der Waals surface area contributed by atoms with Crippen LogP contribution in [0.5, 0.6) is 0 Å². The van der Waals surface area contributed by atoms with Crippen LogP contribution in [0.2, 0.25) is 0 Å². The third kappa shape index (κ3) is 6.73. The fourth-order valence-corrected chi connectivity index (χ4v) is 3.31. The first-order valence-corrected chi connectivity index (χ1v) is 10.5. The van der Waals surface area contributed by atoms with E-state index in [9.17, 15) is 24.5 Å². The van der Waals surface area contributed by atoms with Crippen molar-refractivity contribution in [1.29, 1.82) is 0 Å². The number of rotatable bonds is 10. The van der Waals surface area contributed by atoms with Crippen LogP contribution in [0.4, 0.5) is 5.69 Å². The Morgan fingerprint density at radius 3 is 1.94 bits per heavy atom. The van der Waals surface area contributed by atoms with Gasteiger partial charge in [0.25, 0.3) is 5.69 Å². The molecule has 0 spiro atoms. The molecule has 0 atom stereocenters. The number of ether oxygens (including phenoxy) is 1. The Bertz CT molecular complexity index is 1110. The Labute approximate surface area is 195 Å². The quantitative estimate of drug-likeness (QED) is 0.271. The van der Waals surface area contributed by atoms with Gasteiger partial charge in [-0.25, -0.2) is 0 Å². The van der Waals surface area contributed by atoms with Gasteiger partial charge in [-0.1, -0.05) is 72.8 Å². The molecule has 0 radical (unpaired) electrons. The van der Waals surface area contributed by atoms with Gasteiger partial charge in [0.1, 0.15) is 13.2 Å². The zero-order valence-corrected chi connectivity index (χ0v) is 18.2. The minimum absolute atomic E-state index is 0.159. The van der Waals surface area contributed by atoms with Crippen LogP contribution in [-0.4, -0.2) is 35.8 Å². The normalized spacial score (nSPS) is 10.4. The number of carbonyl (C=O) groups excluding carboxylic acids is 3. The number of hydrogen-bond donors (Lipinski definition) is 2. The predicted octanol–water partition coefficient (Wildman–Crippen LogP) is 2.70. The second-order valence-corrected chi connectivity index (χ2v) is 7.30. The van der Waals surface area contributed by atoms with E-state index in [1.54, 1.807) is 6.07 Å². The van der Waals surface area contributed by atoms with Gasteiger partial charge in [-0.15, -0.1) is 0 Å². The van der Waals surface area contributed by atoms with E-state index in [0.717, 1.165) is 11.1 Å². The third-order valence-electron chi connectivity index (χ3n) is 4.96. The van der Waals surface area contributed by atoms with Gasteiger partial charge < -0.3 is 15.4 Å². The van der Waals surface area contributed by atoms with Gasteiger partial charge in [0.2, 0.25) is 11.8 Å². The minimum Gasteiger partial charge on any atom is -0.459 e. The van der Waals surface area contributed by atoms with Crippen LogP contribution in [-0.2, 0) is 25.7 Å². The summed E-state index contributed by atoms with van der Waals surface area (Å²) in [6.45, 7) is -1.05. The molecule has 2 amide bonds. The highest BCUT2D eigenvalue weighted by Gasteiger charge is 2.23. The van der Waals surface area contributed by atoms with Gasteiger partial charge in [0, 0.05) is 6.07 Å². The zero-order chi connectivity index (χ0) is 24.3. The maximum Gasteiger partial charge on any atom is 0.325 e. The van der Waals surface area contributed by atoms with Crippen molar-refractivity contribution in [1.82, 2.24) is 10.6 Å². The fourth-order valence-electron chi connectivity index (χ4n) is 3.31. The lowest BCUT2D eigenvalue weighted by Gasteiger charge is -2.17. The van der Waals surface area contributed by atoms with Crippen LogP contribution in [0.3, 0.4) is 0 Å². The molecule has 0 bridgehead atoms. The lowest BCUT2D eigenvalue weighted by molar-refractivity contribution is -0.385. The molecule has 0 aliphatic heterocycles. The van der Waals surface area contributed by atoms with Crippen molar-refractivity contribution in [2.45, 2.75) is 12.5 Å². The largest absolute Gasteiger partial charge is 0.459 e. The predicted molar refractivity (Wildman–Crippen MR) is 124 cm³/mol. The van der Waals surface area contributed by atoms with Gasteiger partial charge in [-0.3, -0.25) is 24.5 Å². The number of carbonyl (C=O) groups is 3. The fraction of sp³-hybridized carbons (Fsp3) is 0.160. The van der Waals surface area contributed by atoms with E-state index in [-0.39, 0.29) is 30.3 Å². The van der Waals surface area contributed by atoms with Crippen LogP contribution in [0.25, 0.3) is 0 Å². The number of benzene rings is 3. The first-order chi connectivity index (χ1) is 16.5. The Kier molecular flexibility index (Phi) is 8.45. The molecular weight excluding hydrogens is 438 g/mol. The van der Waals surface area contributed by atoms with E-state index in [2.05, 4.69) is 10.6 Å². The van der Waals surface area contributed by atoms with Crippen molar-refractivity contribution >= 4 is 23.5 Å². The molecule has 0 fully saturated rings. The molecule has 3 aromatic rings. The maximum absolute atomic E-state index is 12.9. The van der Waals surface area contributed by atoms with Crippen LogP contribution in [0.15, 0.2) is 84.9 Å². The summed E-state index contributed by atoms with van der Waals surface area (Å²) in [5.74, 6) is -2.28. The number of nitro groups is 1. The number of esters is 1. The first kappa shape index (κ1) is 24.1. The van der Waals surface area contributed by atoms with E-state index >= 15 is 0 Å². The summed E-state index contributed by atoms with van der Waals surface area (Å²) < 4.78 is 5.00. The maximum atomic E-state index is 12.9. The van der Waals surface area contributed by atoms with Gasteiger partial charge in [0.05, 0.1) is 22.9 Å². The molecule has 0 aromatic heterocycles. The second-order valence-electron chi connectivity index (χ2n) is 7.30. The highest BCUT2D eigenvalue weighted by atomic mass is 16.6. The third-order valence-corrected chi connectivity index (χ3v) is 4.96. The lowest BCUT2D eigenvalue weighted by Crippen LogP contribution is -2.41. The molecule has 0 unspecified atom stereocenters. The average Bonchev–Trinajstić information content (AvgIpc) is 2.86. The Hall–Kier alpha value is -4.53. The van der Waals surface area contributed by atoms with Crippen LogP contribution in [0.1, 0.15) is 22.6 Å². The van der Waals surface area contributed by atoms with Gasteiger partial charge in [-0.05, 0) is 17.2 Å². The summed E-state index contributed by atoms with van der Waals surface area (Å²) in [5.41, 5.74) is 1.65. The molecule has 9 heteroatoms. The van der Waals surface area contributed by atoms with Gasteiger partial charge in [0.15, 0.2) is 0 Å². The Morgan fingerprint density at radius 2 is 1.35 bits per heavy atom. The average molecular weight is 461 g/mol. The van der Waals surface area contributed by atoms with Crippen molar-refractivity contribution < 1.29 is 24.0 Å². The van der Waals surface area contributed by atoms with Crippen molar-refractivity contribution in [3.8, 4) is 0 Å².